The Balaban J connectivity index is 2.30. The number of hydrogen-bond donors (Lipinski definition) is 0. The molecule has 2 rings (SSSR count). The van der Waals surface area contributed by atoms with E-state index in [9.17, 15) is 18.0 Å². The smallest absolute Gasteiger partial charge is 0.450 e. The van der Waals surface area contributed by atoms with Gasteiger partial charge >= 0.3 is 6.18 Å². The summed E-state index contributed by atoms with van der Waals surface area (Å²) in [4.78, 5) is 10.9. The van der Waals surface area contributed by atoms with Crippen molar-refractivity contribution in [3.8, 4) is 17.2 Å². The summed E-state index contributed by atoms with van der Waals surface area (Å²) in [6, 6.07) is 2.73. The summed E-state index contributed by atoms with van der Waals surface area (Å²) in [5, 5.41) is 0. The minimum absolute atomic E-state index is 0.00480. The van der Waals surface area contributed by atoms with Gasteiger partial charge in [-0.3, -0.25) is 4.79 Å². The predicted octanol–water partition coefficient (Wildman–Crippen LogP) is 2.10. The number of rotatable bonds is 3. The molecular formula is C11H9F3O4. The first kappa shape index (κ1) is 12.5. The van der Waals surface area contributed by atoms with Crippen molar-refractivity contribution in [3.05, 3.63) is 17.7 Å². The lowest BCUT2D eigenvalue weighted by atomic mass is 10.1. The molecular weight excluding hydrogens is 253 g/mol. The average Bonchev–Trinajstić information content (AvgIpc) is 2.73. The standard InChI is InChI=1S/C11H9F3O4/c1-16-7-4-9-8(17-5-18-9)2-6(7)3-10(15)11(12,13)14/h2,4H,3,5H2,1H3. The number of carbonyl (C=O) groups excluding carboxylic acids is 1. The highest BCUT2D eigenvalue weighted by Crippen LogP contribution is 2.38. The molecule has 0 atom stereocenters. The van der Waals surface area contributed by atoms with Crippen LogP contribution in [0.1, 0.15) is 5.56 Å². The van der Waals surface area contributed by atoms with Crippen molar-refractivity contribution in [2.75, 3.05) is 13.9 Å². The van der Waals surface area contributed by atoms with Crippen molar-refractivity contribution in [2.24, 2.45) is 0 Å². The summed E-state index contributed by atoms with van der Waals surface area (Å²) in [6.45, 7) is -0.00480. The van der Waals surface area contributed by atoms with Gasteiger partial charge < -0.3 is 14.2 Å². The molecule has 4 nitrogen and oxygen atoms in total. The Morgan fingerprint density at radius 1 is 1.33 bits per heavy atom. The summed E-state index contributed by atoms with van der Waals surface area (Å²) in [5.41, 5.74) is 0.115. The molecule has 0 spiro atoms. The molecule has 0 amide bonds. The van der Waals surface area contributed by atoms with E-state index >= 15 is 0 Å². The first-order valence-corrected chi connectivity index (χ1v) is 4.98. The van der Waals surface area contributed by atoms with Gasteiger partial charge in [-0.25, -0.2) is 0 Å². The minimum Gasteiger partial charge on any atom is -0.496 e. The number of alkyl halides is 3. The van der Waals surface area contributed by atoms with E-state index in [0.29, 0.717) is 11.5 Å². The van der Waals surface area contributed by atoms with Gasteiger partial charge in [0.25, 0.3) is 0 Å². The Hall–Kier alpha value is -1.92. The van der Waals surface area contributed by atoms with Gasteiger partial charge in [-0.05, 0) is 6.07 Å². The number of ether oxygens (including phenoxy) is 3. The first-order chi connectivity index (χ1) is 8.41. The molecule has 18 heavy (non-hydrogen) atoms. The second-order valence-electron chi connectivity index (χ2n) is 3.62. The number of Topliss-reactive ketones (excluding diaryl/α,β-unsaturated/α-hetero) is 1. The lowest BCUT2D eigenvalue weighted by Crippen LogP contribution is -2.24. The van der Waals surface area contributed by atoms with Crippen molar-refractivity contribution < 1.29 is 32.2 Å². The van der Waals surface area contributed by atoms with Crippen LogP contribution in [0.25, 0.3) is 0 Å². The normalized spacial score (nSPS) is 13.6. The fraction of sp³-hybridized carbons (Fsp3) is 0.364. The molecule has 1 aliphatic heterocycles. The molecule has 0 N–H and O–H groups in total. The Morgan fingerprint density at radius 3 is 2.50 bits per heavy atom. The Bertz CT molecular complexity index is 482. The van der Waals surface area contributed by atoms with Gasteiger partial charge in [0.15, 0.2) is 11.5 Å². The molecule has 0 aromatic heterocycles. The number of fused-ring (bicyclic) bond motifs is 1. The molecule has 0 fully saturated rings. The lowest BCUT2D eigenvalue weighted by molar-refractivity contribution is -0.170. The van der Waals surface area contributed by atoms with Crippen LogP contribution < -0.4 is 14.2 Å². The van der Waals surface area contributed by atoms with Crippen molar-refractivity contribution >= 4 is 5.78 Å². The zero-order chi connectivity index (χ0) is 13.3. The topological polar surface area (TPSA) is 44.8 Å². The molecule has 0 radical (unpaired) electrons. The zero-order valence-electron chi connectivity index (χ0n) is 9.34. The zero-order valence-corrected chi connectivity index (χ0v) is 9.34. The largest absolute Gasteiger partial charge is 0.496 e. The first-order valence-electron chi connectivity index (χ1n) is 4.98. The maximum absolute atomic E-state index is 12.2. The van der Waals surface area contributed by atoms with Gasteiger partial charge in [-0.15, -0.1) is 0 Å². The third-order valence-corrected chi connectivity index (χ3v) is 2.44. The van der Waals surface area contributed by atoms with E-state index in [2.05, 4.69) is 0 Å². The van der Waals surface area contributed by atoms with Gasteiger partial charge in [0.1, 0.15) is 5.75 Å². The number of carbonyl (C=O) groups is 1. The molecule has 0 aliphatic carbocycles. The Morgan fingerprint density at radius 2 is 1.94 bits per heavy atom. The van der Waals surface area contributed by atoms with E-state index in [-0.39, 0.29) is 18.1 Å². The van der Waals surface area contributed by atoms with Crippen LogP contribution >= 0.6 is 0 Å². The van der Waals surface area contributed by atoms with Gasteiger partial charge in [0.05, 0.1) is 7.11 Å². The van der Waals surface area contributed by atoms with Crippen LogP contribution in [0.3, 0.4) is 0 Å². The Kier molecular flexibility index (Phi) is 3.06. The van der Waals surface area contributed by atoms with Gasteiger partial charge in [0.2, 0.25) is 12.6 Å². The van der Waals surface area contributed by atoms with Gasteiger partial charge in [-0.2, -0.15) is 13.2 Å². The van der Waals surface area contributed by atoms with Crippen molar-refractivity contribution in [2.45, 2.75) is 12.6 Å². The molecule has 0 saturated heterocycles. The van der Waals surface area contributed by atoms with Crippen LogP contribution in [-0.2, 0) is 11.2 Å². The maximum atomic E-state index is 12.2. The molecule has 1 aliphatic rings. The quantitative estimate of drug-likeness (QED) is 0.836. The van der Waals surface area contributed by atoms with Gasteiger partial charge in [-0.1, -0.05) is 0 Å². The molecule has 7 heteroatoms. The molecule has 0 saturated carbocycles. The Labute approximate surface area is 100 Å². The molecule has 1 aromatic rings. The van der Waals surface area contributed by atoms with Crippen LogP contribution in [0.4, 0.5) is 13.2 Å². The fourth-order valence-corrected chi connectivity index (χ4v) is 1.57. The van der Waals surface area contributed by atoms with Crippen LogP contribution in [-0.4, -0.2) is 25.9 Å². The van der Waals surface area contributed by atoms with Gasteiger partial charge in [0, 0.05) is 18.1 Å². The summed E-state index contributed by atoms with van der Waals surface area (Å²) in [7, 11) is 1.30. The number of benzene rings is 1. The van der Waals surface area contributed by atoms with Crippen molar-refractivity contribution in [1.82, 2.24) is 0 Å². The van der Waals surface area contributed by atoms with E-state index in [0.717, 1.165) is 0 Å². The predicted molar refractivity (Wildman–Crippen MR) is 53.9 cm³/mol. The third kappa shape index (κ3) is 2.34. The van der Waals surface area contributed by atoms with Crippen LogP contribution in [0.5, 0.6) is 17.2 Å². The van der Waals surface area contributed by atoms with Crippen molar-refractivity contribution in [3.63, 3.8) is 0 Å². The van der Waals surface area contributed by atoms with E-state index in [1.54, 1.807) is 0 Å². The molecule has 1 aromatic carbocycles. The summed E-state index contributed by atoms with van der Waals surface area (Å²) < 4.78 is 51.6. The summed E-state index contributed by atoms with van der Waals surface area (Å²) in [6.07, 6.45) is -5.65. The highest BCUT2D eigenvalue weighted by Gasteiger charge is 2.38. The van der Waals surface area contributed by atoms with E-state index < -0.39 is 18.4 Å². The second kappa shape index (κ2) is 4.40. The van der Waals surface area contributed by atoms with Crippen LogP contribution in [0, 0.1) is 0 Å². The molecule has 0 bridgehead atoms. The van der Waals surface area contributed by atoms with Crippen LogP contribution in [0.15, 0.2) is 12.1 Å². The molecule has 0 unspecified atom stereocenters. The summed E-state index contributed by atoms with van der Waals surface area (Å²) >= 11 is 0. The van der Waals surface area contributed by atoms with E-state index in [1.165, 1.54) is 19.2 Å². The van der Waals surface area contributed by atoms with Crippen LogP contribution in [0.2, 0.25) is 0 Å². The number of ketones is 1. The molecule has 98 valence electrons. The van der Waals surface area contributed by atoms with E-state index in [4.69, 9.17) is 14.2 Å². The van der Waals surface area contributed by atoms with E-state index in [1.807, 2.05) is 0 Å². The lowest BCUT2D eigenvalue weighted by Gasteiger charge is -2.10. The number of methoxy groups -OCH3 is 1. The monoisotopic (exact) mass is 262 g/mol. The third-order valence-electron chi connectivity index (χ3n) is 2.44. The number of halogens is 3. The minimum atomic E-state index is -4.86. The second-order valence-corrected chi connectivity index (χ2v) is 3.62. The highest BCUT2D eigenvalue weighted by atomic mass is 19.4. The summed E-state index contributed by atoms with van der Waals surface area (Å²) in [5.74, 6) is -0.979. The highest BCUT2D eigenvalue weighted by molar-refractivity contribution is 5.86. The average molecular weight is 262 g/mol. The number of hydrogen-bond acceptors (Lipinski definition) is 4. The fourth-order valence-electron chi connectivity index (χ4n) is 1.57. The molecule has 1 heterocycles. The SMILES string of the molecule is COc1cc2c(cc1CC(=O)C(F)(F)F)OCO2. The van der Waals surface area contributed by atoms with Crippen molar-refractivity contribution in [1.29, 1.82) is 0 Å². The maximum Gasteiger partial charge on any atom is 0.450 e.